The molecule has 0 saturated heterocycles. The molecular formula is C17H19ClN2O5. The fourth-order valence-electron chi connectivity index (χ4n) is 2.54. The lowest BCUT2D eigenvalue weighted by Gasteiger charge is -2.13. The first-order valence-electron chi connectivity index (χ1n) is 8.03. The number of hydrogen-bond acceptors (Lipinski definition) is 5. The van der Waals surface area contributed by atoms with E-state index in [4.69, 9.17) is 16.3 Å². The highest BCUT2D eigenvalue weighted by Crippen LogP contribution is 2.23. The van der Waals surface area contributed by atoms with E-state index in [1.165, 1.54) is 30.5 Å². The van der Waals surface area contributed by atoms with Gasteiger partial charge in [-0.3, -0.25) is 14.9 Å². The number of halogens is 1. The molecule has 1 aromatic carbocycles. The Labute approximate surface area is 150 Å². The Hall–Kier alpha value is -2.41. The minimum absolute atomic E-state index is 0.0280. The van der Waals surface area contributed by atoms with E-state index in [1.807, 2.05) is 0 Å². The van der Waals surface area contributed by atoms with Crippen LogP contribution in [-0.4, -0.2) is 30.0 Å². The van der Waals surface area contributed by atoms with E-state index in [-0.39, 0.29) is 16.3 Å². The molecule has 134 valence electrons. The number of carbonyl (C=O) groups is 2. The third kappa shape index (κ3) is 5.86. The molecule has 8 heteroatoms. The number of nitro groups is 1. The highest BCUT2D eigenvalue weighted by Gasteiger charge is 2.18. The summed E-state index contributed by atoms with van der Waals surface area (Å²) < 4.78 is 4.88. The number of benzene rings is 1. The number of ether oxygens (including phenoxy) is 1. The van der Waals surface area contributed by atoms with Crippen molar-refractivity contribution in [1.29, 1.82) is 0 Å². The maximum atomic E-state index is 11.9. The monoisotopic (exact) mass is 366 g/mol. The van der Waals surface area contributed by atoms with Crippen LogP contribution in [0.5, 0.6) is 0 Å². The van der Waals surface area contributed by atoms with Gasteiger partial charge in [-0.05, 0) is 38.2 Å². The third-order valence-electron chi connectivity index (χ3n) is 3.87. The van der Waals surface area contributed by atoms with Gasteiger partial charge in [0.15, 0.2) is 6.61 Å². The Kier molecular flexibility index (Phi) is 6.94. The van der Waals surface area contributed by atoms with Gasteiger partial charge in [0.25, 0.3) is 11.6 Å². The minimum atomic E-state index is -0.876. The lowest BCUT2D eigenvalue weighted by atomic mass is 9.97. The van der Waals surface area contributed by atoms with Gasteiger partial charge in [0, 0.05) is 18.7 Å². The van der Waals surface area contributed by atoms with E-state index < -0.39 is 23.4 Å². The van der Waals surface area contributed by atoms with Gasteiger partial charge < -0.3 is 10.1 Å². The van der Waals surface area contributed by atoms with E-state index >= 15 is 0 Å². The topological polar surface area (TPSA) is 98.5 Å². The number of rotatable bonds is 7. The predicted molar refractivity (Wildman–Crippen MR) is 92.6 cm³/mol. The van der Waals surface area contributed by atoms with E-state index in [2.05, 4.69) is 11.4 Å². The summed E-state index contributed by atoms with van der Waals surface area (Å²) in [6, 6.07) is 3.46. The van der Waals surface area contributed by atoms with E-state index in [9.17, 15) is 19.7 Å². The van der Waals surface area contributed by atoms with Crippen LogP contribution >= 0.6 is 11.6 Å². The molecule has 2 rings (SSSR count). The van der Waals surface area contributed by atoms with Crippen molar-refractivity contribution >= 4 is 29.2 Å². The Morgan fingerprint density at radius 3 is 2.80 bits per heavy atom. The molecule has 0 heterocycles. The summed E-state index contributed by atoms with van der Waals surface area (Å²) in [6.45, 7) is 0.0245. The quantitative estimate of drug-likeness (QED) is 0.345. The van der Waals surface area contributed by atoms with Gasteiger partial charge in [-0.1, -0.05) is 23.3 Å². The largest absolute Gasteiger partial charge is 0.452 e. The number of nitrogens with one attached hydrogen (secondary N) is 1. The molecule has 0 radical (unpaired) electrons. The minimum Gasteiger partial charge on any atom is -0.452 e. The van der Waals surface area contributed by atoms with Crippen LogP contribution in [0.1, 0.15) is 42.5 Å². The number of nitro benzene ring substituents is 1. The molecule has 0 aliphatic heterocycles. The Bertz CT molecular complexity index is 702. The van der Waals surface area contributed by atoms with Gasteiger partial charge in [0.1, 0.15) is 0 Å². The third-order valence-corrected chi connectivity index (χ3v) is 4.20. The highest BCUT2D eigenvalue weighted by molar-refractivity contribution is 6.33. The zero-order valence-corrected chi connectivity index (χ0v) is 14.4. The first-order valence-corrected chi connectivity index (χ1v) is 8.41. The molecular weight excluding hydrogens is 348 g/mol. The Morgan fingerprint density at radius 1 is 1.32 bits per heavy atom. The molecule has 1 aliphatic carbocycles. The lowest BCUT2D eigenvalue weighted by Crippen LogP contribution is -2.30. The van der Waals surface area contributed by atoms with E-state index in [1.54, 1.807) is 0 Å². The molecule has 0 fully saturated rings. The molecule has 0 aromatic heterocycles. The van der Waals surface area contributed by atoms with Gasteiger partial charge in [0.2, 0.25) is 0 Å². The molecule has 1 N–H and O–H groups in total. The van der Waals surface area contributed by atoms with Crippen LogP contribution in [0.3, 0.4) is 0 Å². The number of hydrogen-bond donors (Lipinski definition) is 1. The molecule has 0 spiro atoms. The standard InChI is InChI=1S/C17H19ClN2O5/c18-15-7-6-13(20(23)24)10-14(15)17(22)25-11-16(21)19-9-8-12-4-2-1-3-5-12/h4,6-7,10H,1-3,5,8-9,11H2,(H,19,21). The Morgan fingerprint density at radius 2 is 2.12 bits per heavy atom. The van der Waals surface area contributed by atoms with E-state index in [0.29, 0.717) is 6.54 Å². The first kappa shape index (κ1) is 18.9. The molecule has 0 unspecified atom stereocenters. The second-order valence-corrected chi connectivity index (χ2v) is 6.11. The second-order valence-electron chi connectivity index (χ2n) is 5.71. The van der Waals surface area contributed by atoms with Crippen LogP contribution in [0, 0.1) is 10.1 Å². The number of nitrogens with zero attached hydrogens (tertiary/aromatic N) is 1. The molecule has 1 amide bonds. The summed E-state index contributed by atoms with van der Waals surface area (Å²) in [6.07, 6.45) is 7.55. The number of non-ortho nitro benzene ring substituents is 1. The molecule has 0 saturated carbocycles. The van der Waals surface area contributed by atoms with Crippen LogP contribution in [0.15, 0.2) is 29.8 Å². The summed E-state index contributed by atoms with van der Waals surface area (Å²) in [5.74, 6) is -1.30. The van der Waals surface area contributed by atoms with Crippen molar-refractivity contribution in [3.05, 3.63) is 50.5 Å². The van der Waals surface area contributed by atoms with Crippen molar-refractivity contribution in [3.8, 4) is 0 Å². The maximum absolute atomic E-state index is 11.9. The maximum Gasteiger partial charge on any atom is 0.340 e. The molecule has 1 aromatic rings. The number of carbonyl (C=O) groups excluding carboxylic acids is 2. The van der Waals surface area contributed by atoms with Crippen molar-refractivity contribution in [2.24, 2.45) is 0 Å². The molecule has 7 nitrogen and oxygen atoms in total. The van der Waals surface area contributed by atoms with Crippen molar-refractivity contribution in [3.63, 3.8) is 0 Å². The predicted octanol–water partition coefficient (Wildman–Crippen LogP) is 3.41. The fraction of sp³-hybridized carbons (Fsp3) is 0.412. The zero-order valence-electron chi connectivity index (χ0n) is 13.6. The van der Waals surface area contributed by atoms with Crippen LogP contribution in [0.25, 0.3) is 0 Å². The fourth-order valence-corrected chi connectivity index (χ4v) is 2.73. The second kappa shape index (κ2) is 9.17. The number of amides is 1. The first-order chi connectivity index (χ1) is 12.0. The van der Waals surface area contributed by atoms with Crippen LogP contribution in [0.2, 0.25) is 5.02 Å². The highest BCUT2D eigenvalue weighted by atomic mass is 35.5. The summed E-state index contributed by atoms with van der Waals surface area (Å²) in [5.41, 5.74) is 0.921. The molecule has 1 aliphatic rings. The van der Waals surface area contributed by atoms with Gasteiger partial charge in [0.05, 0.1) is 15.5 Å². The average molecular weight is 367 g/mol. The van der Waals surface area contributed by atoms with Crippen LogP contribution in [0.4, 0.5) is 5.69 Å². The molecule has 0 bridgehead atoms. The smallest absolute Gasteiger partial charge is 0.340 e. The van der Waals surface area contributed by atoms with Crippen molar-refractivity contribution in [2.45, 2.75) is 32.1 Å². The van der Waals surface area contributed by atoms with Crippen LogP contribution in [-0.2, 0) is 9.53 Å². The van der Waals surface area contributed by atoms with E-state index in [0.717, 1.165) is 25.3 Å². The van der Waals surface area contributed by atoms with Gasteiger partial charge in [-0.25, -0.2) is 4.79 Å². The number of allylic oxidation sites excluding steroid dienone is 1. The van der Waals surface area contributed by atoms with Crippen LogP contribution < -0.4 is 5.32 Å². The number of esters is 1. The Balaban J connectivity index is 1.79. The SMILES string of the molecule is O=C(COC(=O)c1cc([N+](=O)[O-])ccc1Cl)NCCC1=CCCCC1. The average Bonchev–Trinajstić information content (AvgIpc) is 2.60. The summed E-state index contributed by atoms with van der Waals surface area (Å²) in [7, 11) is 0. The zero-order chi connectivity index (χ0) is 18.2. The van der Waals surface area contributed by atoms with Gasteiger partial charge in [-0.2, -0.15) is 0 Å². The lowest BCUT2D eigenvalue weighted by molar-refractivity contribution is -0.384. The van der Waals surface area contributed by atoms with Crippen molar-refractivity contribution < 1.29 is 19.2 Å². The van der Waals surface area contributed by atoms with Gasteiger partial charge >= 0.3 is 5.97 Å². The summed E-state index contributed by atoms with van der Waals surface area (Å²) in [4.78, 5) is 33.8. The molecule has 0 atom stereocenters. The summed E-state index contributed by atoms with van der Waals surface area (Å²) in [5, 5.41) is 13.5. The van der Waals surface area contributed by atoms with Gasteiger partial charge in [-0.15, -0.1) is 0 Å². The normalized spacial score (nSPS) is 13.7. The van der Waals surface area contributed by atoms with Crippen molar-refractivity contribution in [2.75, 3.05) is 13.2 Å². The summed E-state index contributed by atoms with van der Waals surface area (Å²) >= 11 is 5.85. The molecule has 25 heavy (non-hydrogen) atoms. The van der Waals surface area contributed by atoms with Crippen molar-refractivity contribution in [1.82, 2.24) is 5.32 Å².